The number of hydrogen-bond acceptors (Lipinski definition) is 5. The van der Waals surface area contributed by atoms with Gasteiger partial charge in [0.15, 0.2) is 11.5 Å². The lowest BCUT2D eigenvalue weighted by Gasteiger charge is -2.13. The predicted molar refractivity (Wildman–Crippen MR) is 102 cm³/mol. The van der Waals surface area contributed by atoms with Gasteiger partial charge in [0.05, 0.1) is 13.3 Å². The van der Waals surface area contributed by atoms with Crippen LogP contribution in [0.3, 0.4) is 0 Å². The Morgan fingerprint density at radius 2 is 2.12 bits per heavy atom. The third-order valence-electron chi connectivity index (χ3n) is 3.46. The number of hydrazone groups is 1. The molecule has 132 valence electrons. The van der Waals surface area contributed by atoms with Crippen molar-refractivity contribution in [2.24, 2.45) is 5.10 Å². The Kier molecular flexibility index (Phi) is 6.41. The summed E-state index contributed by atoms with van der Waals surface area (Å²) in [6.07, 6.45) is 1.36. The van der Waals surface area contributed by atoms with Gasteiger partial charge in [0.25, 0.3) is 5.91 Å². The number of halogens is 1. The van der Waals surface area contributed by atoms with Crippen LogP contribution in [0.1, 0.15) is 18.1 Å². The highest BCUT2D eigenvalue weighted by molar-refractivity contribution is 9.10. The number of aromatic hydroxyl groups is 1. The van der Waals surface area contributed by atoms with Gasteiger partial charge in [-0.1, -0.05) is 28.1 Å². The fourth-order valence-corrected chi connectivity index (χ4v) is 2.62. The van der Waals surface area contributed by atoms with Crippen molar-refractivity contribution in [1.29, 1.82) is 0 Å². The molecule has 0 aromatic heterocycles. The number of phenolic OH excluding ortho intramolecular Hbond substituents is 1. The fraction of sp³-hybridized carbons (Fsp3) is 0.222. The molecule has 0 bridgehead atoms. The number of carbonyl (C=O) groups excluding carboxylic acids is 1. The van der Waals surface area contributed by atoms with Gasteiger partial charge in [-0.2, -0.15) is 5.10 Å². The summed E-state index contributed by atoms with van der Waals surface area (Å²) in [4.78, 5) is 12.1. The second-order valence-corrected chi connectivity index (χ2v) is 6.43. The molecule has 7 heteroatoms. The number of amides is 1. The smallest absolute Gasteiger partial charge is 0.262 e. The normalized spacial score (nSPS) is 12.0. The number of hydrogen-bond donors (Lipinski definition) is 3. The van der Waals surface area contributed by atoms with E-state index in [1.165, 1.54) is 13.3 Å². The van der Waals surface area contributed by atoms with Gasteiger partial charge in [0.1, 0.15) is 6.04 Å². The molecule has 0 heterocycles. The highest BCUT2D eigenvalue weighted by atomic mass is 79.9. The fourth-order valence-electron chi connectivity index (χ4n) is 2.16. The monoisotopic (exact) mass is 405 g/mol. The maximum Gasteiger partial charge on any atom is 0.262 e. The standard InChI is InChI=1S/C18H20BrN3O3/c1-11-5-4-6-15(7-11)21-12(2)18(24)22-20-10-13-8-14(19)9-16(25-3)17(13)23/h4-10,12,21,23H,1-3H3,(H,22,24)/b20-10-/t12-/m1/s1. The number of aryl methyl sites for hydroxylation is 1. The molecule has 0 unspecified atom stereocenters. The lowest BCUT2D eigenvalue weighted by atomic mass is 10.2. The zero-order valence-corrected chi connectivity index (χ0v) is 15.8. The first kappa shape index (κ1) is 18.8. The van der Waals surface area contributed by atoms with E-state index in [1.54, 1.807) is 19.1 Å². The van der Waals surface area contributed by atoms with Crippen LogP contribution < -0.4 is 15.5 Å². The Balaban J connectivity index is 1.99. The summed E-state index contributed by atoms with van der Waals surface area (Å²) in [5.74, 6) is -0.0227. The first-order valence-corrected chi connectivity index (χ1v) is 8.42. The first-order chi connectivity index (χ1) is 11.9. The Bertz CT molecular complexity index is 793. The van der Waals surface area contributed by atoms with Crippen LogP contribution in [0.25, 0.3) is 0 Å². The molecular formula is C18H20BrN3O3. The van der Waals surface area contributed by atoms with Crippen molar-refractivity contribution in [3.63, 3.8) is 0 Å². The summed E-state index contributed by atoms with van der Waals surface area (Å²) < 4.78 is 5.80. The van der Waals surface area contributed by atoms with E-state index in [0.29, 0.717) is 11.3 Å². The van der Waals surface area contributed by atoms with E-state index in [2.05, 4.69) is 31.8 Å². The molecule has 0 aliphatic carbocycles. The number of phenols is 1. The third-order valence-corrected chi connectivity index (χ3v) is 3.92. The van der Waals surface area contributed by atoms with Gasteiger partial charge in [-0.3, -0.25) is 4.79 Å². The average molecular weight is 406 g/mol. The minimum absolute atomic E-state index is 0.0466. The predicted octanol–water partition coefficient (Wildman–Crippen LogP) is 3.42. The largest absolute Gasteiger partial charge is 0.504 e. The molecule has 0 aliphatic rings. The van der Waals surface area contributed by atoms with Crippen LogP contribution in [-0.2, 0) is 4.79 Å². The number of ether oxygens (including phenoxy) is 1. The number of carbonyl (C=O) groups is 1. The molecule has 1 amide bonds. The van der Waals surface area contributed by atoms with Gasteiger partial charge in [-0.05, 0) is 43.7 Å². The lowest BCUT2D eigenvalue weighted by molar-refractivity contribution is -0.121. The molecule has 6 nitrogen and oxygen atoms in total. The number of anilines is 1. The van der Waals surface area contributed by atoms with Crippen LogP contribution in [-0.4, -0.2) is 30.4 Å². The summed E-state index contributed by atoms with van der Waals surface area (Å²) in [6, 6.07) is 10.6. The topological polar surface area (TPSA) is 83.0 Å². The van der Waals surface area contributed by atoms with Crippen molar-refractivity contribution in [3.05, 3.63) is 52.0 Å². The molecule has 2 rings (SSSR count). The minimum atomic E-state index is -0.468. The van der Waals surface area contributed by atoms with Gasteiger partial charge in [0, 0.05) is 15.7 Å². The summed E-state index contributed by atoms with van der Waals surface area (Å²) in [7, 11) is 1.46. The number of rotatable bonds is 6. The highest BCUT2D eigenvalue weighted by Gasteiger charge is 2.12. The van der Waals surface area contributed by atoms with Crippen molar-refractivity contribution >= 4 is 33.7 Å². The molecule has 0 radical (unpaired) electrons. The Labute approximate surface area is 155 Å². The maximum absolute atomic E-state index is 12.1. The molecule has 25 heavy (non-hydrogen) atoms. The van der Waals surface area contributed by atoms with Crippen LogP contribution in [0.15, 0.2) is 46.0 Å². The Morgan fingerprint density at radius 3 is 2.80 bits per heavy atom. The molecule has 0 fully saturated rings. The zero-order chi connectivity index (χ0) is 18.4. The molecule has 0 spiro atoms. The highest BCUT2D eigenvalue weighted by Crippen LogP contribution is 2.32. The van der Waals surface area contributed by atoms with Gasteiger partial charge in [0.2, 0.25) is 0 Å². The van der Waals surface area contributed by atoms with Crippen LogP contribution in [0.2, 0.25) is 0 Å². The van der Waals surface area contributed by atoms with Crippen molar-refractivity contribution in [2.45, 2.75) is 19.9 Å². The van der Waals surface area contributed by atoms with E-state index in [9.17, 15) is 9.90 Å². The van der Waals surface area contributed by atoms with E-state index in [1.807, 2.05) is 31.2 Å². The lowest BCUT2D eigenvalue weighted by Crippen LogP contribution is -2.34. The molecule has 2 aromatic rings. The summed E-state index contributed by atoms with van der Waals surface area (Å²) in [5, 5.41) is 17.1. The van der Waals surface area contributed by atoms with Crippen molar-refractivity contribution in [2.75, 3.05) is 12.4 Å². The SMILES string of the molecule is COc1cc(Br)cc(/C=N\NC(=O)[C@@H](C)Nc2cccc(C)c2)c1O. The van der Waals surface area contributed by atoms with E-state index in [4.69, 9.17) is 4.74 Å². The zero-order valence-electron chi connectivity index (χ0n) is 14.2. The van der Waals surface area contributed by atoms with Gasteiger partial charge in [-0.15, -0.1) is 0 Å². The summed E-state index contributed by atoms with van der Waals surface area (Å²) in [5.41, 5.74) is 4.84. The second kappa shape index (κ2) is 8.53. The Morgan fingerprint density at radius 1 is 1.36 bits per heavy atom. The van der Waals surface area contributed by atoms with Crippen LogP contribution >= 0.6 is 15.9 Å². The van der Waals surface area contributed by atoms with Crippen LogP contribution in [0.4, 0.5) is 5.69 Å². The molecular weight excluding hydrogens is 386 g/mol. The van der Waals surface area contributed by atoms with Crippen molar-refractivity contribution < 1.29 is 14.6 Å². The summed E-state index contributed by atoms with van der Waals surface area (Å²) in [6.45, 7) is 3.73. The average Bonchev–Trinajstić information content (AvgIpc) is 2.57. The minimum Gasteiger partial charge on any atom is -0.504 e. The van der Waals surface area contributed by atoms with Gasteiger partial charge in [-0.25, -0.2) is 5.43 Å². The number of nitrogens with one attached hydrogen (secondary N) is 2. The number of benzene rings is 2. The molecule has 2 aromatic carbocycles. The quantitative estimate of drug-likeness (QED) is 0.507. The van der Waals surface area contributed by atoms with Crippen molar-refractivity contribution in [1.82, 2.24) is 5.43 Å². The van der Waals surface area contributed by atoms with Gasteiger partial charge < -0.3 is 15.2 Å². The summed E-state index contributed by atoms with van der Waals surface area (Å²) >= 11 is 3.32. The van der Waals surface area contributed by atoms with Crippen LogP contribution in [0.5, 0.6) is 11.5 Å². The maximum atomic E-state index is 12.1. The molecule has 0 aliphatic heterocycles. The van der Waals surface area contributed by atoms with E-state index in [0.717, 1.165) is 15.7 Å². The molecule has 0 saturated carbocycles. The molecule has 0 saturated heterocycles. The second-order valence-electron chi connectivity index (χ2n) is 5.52. The number of methoxy groups -OCH3 is 1. The van der Waals surface area contributed by atoms with Gasteiger partial charge >= 0.3 is 0 Å². The van der Waals surface area contributed by atoms with E-state index in [-0.39, 0.29) is 11.7 Å². The van der Waals surface area contributed by atoms with Crippen molar-refractivity contribution in [3.8, 4) is 11.5 Å². The number of nitrogens with zero attached hydrogens (tertiary/aromatic N) is 1. The van der Waals surface area contributed by atoms with E-state index < -0.39 is 6.04 Å². The third kappa shape index (κ3) is 5.22. The first-order valence-electron chi connectivity index (χ1n) is 7.63. The van der Waals surface area contributed by atoms with Crippen LogP contribution in [0, 0.1) is 6.92 Å². The Hall–Kier alpha value is -2.54. The van der Waals surface area contributed by atoms with E-state index >= 15 is 0 Å². The molecule has 1 atom stereocenters. The molecule has 3 N–H and O–H groups in total.